The van der Waals surface area contributed by atoms with Crippen molar-refractivity contribution >= 4 is 5.97 Å². The lowest BCUT2D eigenvalue weighted by atomic mass is 9.96. The Balaban J connectivity index is 2.04. The molecule has 5 nitrogen and oxygen atoms in total. The van der Waals surface area contributed by atoms with Gasteiger partial charge in [-0.1, -0.05) is 6.07 Å². The summed E-state index contributed by atoms with van der Waals surface area (Å²) in [4.78, 5) is 20.6. The van der Waals surface area contributed by atoms with Crippen LogP contribution in [0.5, 0.6) is 5.75 Å². The number of aryl methyl sites for hydroxylation is 2. The van der Waals surface area contributed by atoms with Gasteiger partial charge >= 0.3 is 5.97 Å². The third kappa shape index (κ3) is 2.66. The summed E-state index contributed by atoms with van der Waals surface area (Å²) in [6.45, 7) is 6.01. The number of carbonyl (C=O) groups excluding carboxylic acids is 1. The van der Waals surface area contributed by atoms with Gasteiger partial charge in [-0.05, 0) is 38.5 Å². The van der Waals surface area contributed by atoms with Crippen LogP contribution in [0, 0.1) is 13.8 Å². The van der Waals surface area contributed by atoms with E-state index in [2.05, 4.69) is 9.97 Å². The molecule has 22 heavy (non-hydrogen) atoms. The van der Waals surface area contributed by atoms with Gasteiger partial charge in [-0.25, -0.2) is 9.97 Å². The number of nitrogens with zero attached hydrogens (tertiary/aromatic N) is 2. The monoisotopic (exact) mass is 298 g/mol. The number of fused-ring (bicyclic) bond motifs is 3. The minimum Gasteiger partial charge on any atom is -0.484 e. The lowest BCUT2D eigenvalue weighted by Crippen LogP contribution is -2.20. The van der Waals surface area contributed by atoms with Crippen molar-refractivity contribution in [1.82, 2.24) is 9.97 Å². The lowest BCUT2D eigenvalue weighted by Gasteiger charge is -2.27. The van der Waals surface area contributed by atoms with Crippen LogP contribution < -0.4 is 4.74 Å². The van der Waals surface area contributed by atoms with E-state index in [0.717, 1.165) is 28.1 Å². The van der Waals surface area contributed by atoms with Gasteiger partial charge in [-0.15, -0.1) is 0 Å². The molecule has 0 fully saturated rings. The molecule has 114 valence electrons. The predicted octanol–water partition coefficient (Wildman–Crippen LogP) is 3.15. The zero-order valence-corrected chi connectivity index (χ0v) is 12.9. The molecule has 2 aromatic rings. The molecule has 1 aliphatic heterocycles. The molecule has 0 bridgehead atoms. The Morgan fingerprint density at radius 2 is 2.18 bits per heavy atom. The van der Waals surface area contributed by atoms with Crippen molar-refractivity contribution in [2.24, 2.45) is 0 Å². The van der Waals surface area contributed by atoms with Crippen LogP contribution in [0.4, 0.5) is 0 Å². The highest BCUT2D eigenvalue weighted by atomic mass is 16.5. The van der Waals surface area contributed by atoms with E-state index < -0.39 is 6.10 Å². The van der Waals surface area contributed by atoms with Gasteiger partial charge in [0.25, 0.3) is 0 Å². The van der Waals surface area contributed by atoms with Crippen molar-refractivity contribution in [3.8, 4) is 17.0 Å². The van der Waals surface area contributed by atoms with E-state index in [1.54, 1.807) is 13.1 Å². The average Bonchev–Trinajstić information content (AvgIpc) is 2.47. The van der Waals surface area contributed by atoms with Crippen LogP contribution in [0.15, 0.2) is 24.4 Å². The maximum atomic E-state index is 11.8. The molecule has 0 aliphatic carbocycles. The number of esters is 1. The Hall–Kier alpha value is -2.43. The predicted molar refractivity (Wildman–Crippen MR) is 81.6 cm³/mol. The van der Waals surface area contributed by atoms with Crippen LogP contribution in [-0.4, -0.2) is 22.5 Å². The van der Waals surface area contributed by atoms with Crippen LogP contribution in [0.25, 0.3) is 11.3 Å². The molecule has 1 aromatic carbocycles. The Bertz CT molecular complexity index is 728. The second kappa shape index (κ2) is 5.75. The Morgan fingerprint density at radius 1 is 1.36 bits per heavy atom. The van der Waals surface area contributed by atoms with Gasteiger partial charge in [0.2, 0.25) is 0 Å². The van der Waals surface area contributed by atoms with E-state index >= 15 is 0 Å². The van der Waals surface area contributed by atoms with Crippen molar-refractivity contribution < 1.29 is 14.3 Å². The Kier molecular flexibility index (Phi) is 3.79. The van der Waals surface area contributed by atoms with Gasteiger partial charge < -0.3 is 9.47 Å². The van der Waals surface area contributed by atoms with Crippen molar-refractivity contribution in [2.45, 2.75) is 33.3 Å². The van der Waals surface area contributed by atoms with Gasteiger partial charge in [0.05, 0.1) is 18.7 Å². The third-order valence-electron chi connectivity index (χ3n) is 3.60. The van der Waals surface area contributed by atoms with Crippen LogP contribution in [0.1, 0.15) is 36.4 Å². The topological polar surface area (TPSA) is 61.3 Å². The van der Waals surface area contributed by atoms with Crippen molar-refractivity contribution in [1.29, 1.82) is 0 Å². The number of hydrogen-bond donors (Lipinski definition) is 0. The van der Waals surface area contributed by atoms with E-state index in [1.807, 2.05) is 32.0 Å². The standard InChI is InChI=1S/C17H18N2O3/c1-4-21-16(20)8-15-13-9-18-11(3)19-17(13)12-6-5-10(2)7-14(12)22-15/h5-7,9,15H,4,8H2,1-3H3. The molecule has 3 rings (SSSR count). The number of hydrogen-bond acceptors (Lipinski definition) is 5. The fraction of sp³-hybridized carbons (Fsp3) is 0.353. The molecule has 1 aliphatic rings. The molecule has 0 saturated carbocycles. The molecule has 0 saturated heterocycles. The largest absolute Gasteiger partial charge is 0.484 e. The minimum atomic E-state index is -0.413. The third-order valence-corrected chi connectivity index (χ3v) is 3.60. The first-order chi connectivity index (χ1) is 10.6. The highest BCUT2D eigenvalue weighted by Gasteiger charge is 2.30. The number of carbonyl (C=O) groups is 1. The fourth-order valence-corrected chi connectivity index (χ4v) is 2.59. The second-order valence-electron chi connectivity index (χ2n) is 5.34. The van der Waals surface area contributed by atoms with Crippen LogP contribution in [-0.2, 0) is 9.53 Å². The molecule has 0 spiro atoms. The maximum Gasteiger partial charge on any atom is 0.309 e. The first kappa shape index (κ1) is 14.5. The van der Waals surface area contributed by atoms with E-state index in [0.29, 0.717) is 12.4 Å². The van der Waals surface area contributed by atoms with E-state index in [1.165, 1.54) is 0 Å². The minimum absolute atomic E-state index is 0.153. The van der Waals surface area contributed by atoms with E-state index in [9.17, 15) is 4.79 Å². The molecule has 1 atom stereocenters. The SMILES string of the molecule is CCOC(=O)CC1Oc2cc(C)ccc2-c2nc(C)ncc21. The number of ether oxygens (including phenoxy) is 2. The molecular formula is C17H18N2O3. The summed E-state index contributed by atoms with van der Waals surface area (Å²) in [6.07, 6.45) is 1.48. The molecule has 0 N–H and O–H groups in total. The molecule has 2 heterocycles. The summed E-state index contributed by atoms with van der Waals surface area (Å²) < 4.78 is 11.1. The molecule has 1 unspecified atom stereocenters. The molecule has 5 heteroatoms. The number of benzene rings is 1. The van der Waals surface area contributed by atoms with Crippen LogP contribution >= 0.6 is 0 Å². The summed E-state index contributed by atoms with van der Waals surface area (Å²) in [7, 11) is 0. The number of rotatable bonds is 3. The lowest BCUT2D eigenvalue weighted by molar-refractivity contribution is -0.145. The maximum absolute atomic E-state index is 11.8. The van der Waals surface area contributed by atoms with Gasteiger partial charge in [0, 0.05) is 17.3 Å². The quantitative estimate of drug-likeness (QED) is 0.815. The van der Waals surface area contributed by atoms with Gasteiger partial charge in [0.1, 0.15) is 17.7 Å². The van der Waals surface area contributed by atoms with Gasteiger partial charge in [-0.3, -0.25) is 4.79 Å². The average molecular weight is 298 g/mol. The van der Waals surface area contributed by atoms with E-state index in [-0.39, 0.29) is 12.4 Å². The zero-order chi connectivity index (χ0) is 15.7. The van der Waals surface area contributed by atoms with Crippen molar-refractivity contribution in [3.05, 3.63) is 41.3 Å². The number of aromatic nitrogens is 2. The van der Waals surface area contributed by atoms with Crippen molar-refractivity contribution in [3.63, 3.8) is 0 Å². The molecule has 0 radical (unpaired) electrons. The smallest absolute Gasteiger partial charge is 0.309 e. The zero-order valence-electron chi connectivity index (χ0n) is 12.9. The second-order valence-corrected chi connectivity index (χ2v) is 5.34. The summed E-state index contributed by atoms with van der Waals surface area (Å²) in [5.74, 6) is 1.16. The van der Waals surface area contributed by atoms with Gasteiger partial charge in [-0.2, -0.15) is 0 Å². The summed E-state index contributed by atoms with van der Waals surface area (Å²) in [6, 6.07) is 5.99. The van der Waals surface area contributed by atoms with E-state index in [4.69, 9.17) is 9.47 Å². The highest BCUT2D eigenvalue weighted by Crippen LogP contribution is 2.42. The first-order valence-electron chi connectivity index (χ1n) is 7.35. The Morgan fingerprint density at radius 3 is 2.95 bits per heavy atom. The Labute approximate surface area is 129 Å². The van der Waals surface area contributed by atoms with Crippen LogP contribution in [0.3, 0.4) is 0 Å². The van der Waals surface area contributed by atoms with Crippen LogP contribution in [0.2, 0.25) is 0 Å². The molecule has 1 aromatic heterocycles. The van der Waals surface area contributed by atoms with Gasteiger partial charge in [0.15, 0.2) is 0 Å². The molecule has 0 amide bonds. The fourth-order valence-electron chi connectivity index (χ4n) is 2.59. The highest BCUT2D eigenvalue weighted by molar-refractivity contribution is 5.75. The normalized spacial score (nSPS) is 15.5. The van der Waals surface area contributed by atoms with Crippen molar-refractivity contribution in [2.75, 3.05) is 6.61 Å². The first-order valence-corrected chi connectivity index (χ1v) is 7.35. The summed E-state index contributed by atoms with van der Waals surface area (Å²) >= 11 is 0. The summed E-state index contributed by atoms with van der Waals surface area (Å²) in [5.41, 5.74) is 3.70. The molecular weight excluding hydrogens is 280 g/mol. The summed E-state index contributed by atoms with van der Waals surface area (Å²) in [5, 5.41) is 0.